The molecule has 0 fully saturated rings. The first-order valence-corrected chi connectivity index (χ1v) is 26.9. The summed E-state index contributed by atoms with van der Waals surface area (Å²) in [4.78, 5) is 26.1. The fourth-order valence-corrected chi connectivity index (χ4v) is 8.49. The van der Waals surface area contributed by atoms with Gasteiger partial charge in [0.15, 0.2) is 0 Å². The van der Waals surface area contributed by atoms with Gasteiger partial charge in [0.25, 0.3) is 0 Å². The Morgan fingerprint density at radius 3 is 1.20 bits per heavy atom. The van der Waals surface area contributed by atoms with Crippen molar-refractivity contribution in [3.8, 4) is 0 Å². The summed E-state index contributed by atoms with van der Waals surface area (Å²) in [5.41, 5.74) is 0. The average Bonchev–Trinajstić information content (AvgIpc) is 3.24. The second-order valence-corrected chi connectivity index (χ2v) is 18.6. The van der Waals surface area contributed by atoms with Crippen molar-refractivity contribution in [1.82, 2.24) is 5.32 Å². The highest BCUT2D eigenvalue weighted by atomic mass is 16.5. The van der Waals surface area contributed by atoms with Crippen LogP contribution in [0.5, 0.6) is 0 Å². The number of carbonyl (C=O) groups excluding carboxylic acids is 2. The maximum absolute atomic E-state index is 13.2. The van der Waals surface area contributed by atoms with E-state index in [1.54, 1.807) is 0 Å². The summed E-state index contributed by atoms with van der Waals surface area (Å²) in [7, 11) is 0. The van der Waals surface area contributed by atoms with Crippen LogP contribution in [0.3, 0.4) is 0 Å². The molecule has 0 aromatic heterocycles. The number of hydrogen-bond donors (Lipinski definition) is 3. The quantitative estimate of drug-likeness (QED) is 0.0322. The highest BCUT2D eigenvalue weighted by Gasteiger charge is 2.24. The Morgan fingerprint density at radius 2 is 0.800 bits per heavy atom. The molecule has 3 atom stereocenters. The molecular formula is C54H105NO5. The van der Waals surface area contributed by atoms with E-state index in [-0.39, 0.29) is 24.9 Å². The summed E-state index contributed by atoms with van der Waals surface area (Å²) in [6.07, 6.45) is 54.1. The lowest BCUT2D eigenvalue weighted by atomic mass is 10.0. The zero-order valence-corrected chi connectivity index (χ0v) is 40.6. The molecule has 3 unspecified atom stereocenters. The van der Waals surface area contributed by atoms with Crippen LogP contribution in [0.1, 0.15) is 297 Å². The molecule has 0 aromatic rings. The number of allylic oxidation sites excluding steroid dienone is 2. The monoisotopic (exact) mass is 848 g/mol. The van der Waals surface area contributed by atoms with Crippen LogP contribution in [0.15, 0.2) is 12.2 Å². The molecule has 0 radical (unpaired) electrons. The lowest BCUT2D eigenvalue weighted by Crippen LogP contribution is -2.46. The molecule has 0 bridgehead atoms. The second kappa shape index (κ2) is 48.6. The van der Waals surface area contributed by atoms with Gasteiger partial charge in [0, 0.05) is 6.42 Å². The Hall–Kier alpha value is -1.40. The van der Waals surface area contributed by atoms with E-state index in [1.165, 1.54) is 205 Å². The number of esters is 1. The molecule has 0 aromatic carbocycles. The van der Waals surface area contributed by atoms with Crippen LogP contribution in [0, 0.1) is 0 Å². The van der Waals surface area contributed by atoms with E-state index in [0.717, 1.165) is 44.9 Å². The number of amides is 1. The van der Waals surface area contributed by atoms with Gasteiger partial charge >= 0.3 is 5.97 Å². The van der Waals surface area contributed by atoms with Crippen molar-refractivity contribution >= 4 is 11.9 Å². The minimum Gasteiger partial charge on any atom is -0.462 e. The van der Waals surface area contributed by atoms with Crippen molar-refractivity contribution in [2.45, 2.75) is 315 Å². The number of aliphatic hydroxyl groups excluding tert-OH is 2. The van der Waals surface area contributed by atoms with Gasteiger partial charge in [-0.1, -0.05) is 245 Å². The number of unbranched alkanes of at least 4 members (excludes halogenated alkanes) is 35. The highest BCUT2D eigenvalue weighted by Crippen LogP contribution is 2.19. The number of nitrogens with one attached hydrogen (secondary N) is 1. The third-order valence-corrected chi connectivity index (χ3v) is 12.6. The number of aliphatic hydroxyl groups is 2. The molecule has 0 saturated carbocycles. The van der Waals surface area contributed by atoms with Crippen molar-refractivity contribution < 1.29 is 24.5 Å². The molecule has 0 spiro atoms. The molecule has 0 heterocycles. The maximum Gasteiger partial charge on any atom is 0.306 e. The largest absolute Gasteiger partial charge is 0.462 e. The van der Waals surface area contributed by atoms with Gasteiger partial charge in [-0.15, -0.1) is 0 Å². The first-order chi connectivity index (χ1) is 29.5. The van der Waals surface area contributed by atoms with Gasteiger partial charge in [0.2, 0.25) is 5.91 Å². The summed E-state index contributed by atoms with van der Waals surface area (Å²) in [5, 5.41) is 23.8. The van der Waals surface area contributed by atoms with Gasteiger partial charge < -0.3 is 20.3 Å². The lowest BCUT2D eigenvalue weighted by Gasteiger charge is -2.24. The van der Waals surface area contributed by atoms with Crippen molar-refractivity contribution in [3.63, 3.8) is 0 Å². The third kappa shape index (κ3) is 43.3. The van der Waals surface area contributed by atoms with Crippen molar-refractivity contribution in [2.24, 2.45) is 0 Å². The van der Waals surface area contributed by atoms with Crippen molar-refractivity contribution in [2.75, 3.05) is 6.61 Å². The number of ether oxygens (including phenoxy) is 1. The molecule has 3 N–H and O–H groups in total. The highest BCUT2D eigenvalue weighted by molar-refractivity contribution is 5.77. The van der Waals surface area contributed by atoms with Crippen LogP contribution in [-0.4, -0.2) is 46.9 Å². The van der Waals surface area contributed by atoms with E-state index in [0.29, 0.717) is 19.3 Å². The summed E-state index contributed by atoms with van der Waals surface area (Å²) in [5.74, 6) is -0.461. The molecule has 0 rings (SSSR count). The summed E-state index contributed by atoms with van der Waals surface area (Å²) in [6, 6.07) is -0.695. The van der Waals surface area contributed by atoms with E-state index in [1.807, 2.05) is 0 Å². The molecule has 0 aliphatic carbocycles. The van der Waals surface area contributed by atoms with Gasteiger partial charge in [0.05, 0.1) is 25.2 Å². The number of rotatable bonds is 49. The zero-order valence-electron chi connectivity index (χ0n) is 40.6. The standard InChI is InChI=1S/C54H105NO5/c1-4-7-10-13-16-19-22-24-26-28-31-34-37-40-43-46-52(57)51(49-56)55-53(58)48-50(45-42-39-36-33-30-21-18-15-12-9-6-3)60-54(59)47-44-41-38-35-32-29-27-25-23-20-17-14-11-8-5-2/h20,23,50-52,56-57H,4-19,21-22,24-49H2,1-3H3,(H,55,58)/b23-20-. The van der Waals surface area contributed by atoms with Crippen LogP contribution in [0.4, 0.5) is 0 Å². The van der Waals surface area contributed by atoms with Crippen LogP contribution in [-0.2, 0) is 14.3 Å². The van der Waals surface area contributed by atoms with Gasteiger partial charge in [-0.2, -0.15) is 0 Å². The van der Waals surface area contributed by atoms with E-state index >= 15 is 0 Å². The lowest BCUT2D eigenvalue weighted by molar-refractivity contribution is -0.151. The van der Waals surface area contributed by atoms with Crippen LogP contribution in [0.2, 0.25) is 0 Å². The minimum absolute atomic E-state index is 0.0831. The molecular weight excluding hydrogens is 743 g/mol. The fourth-order valence-electron chi connectivity index (χ4n) is 8.49. The van der Waals surface area contributed by atoms with Gasteiger partial charge in [-0.05, 0) is 51.4 Å². The Balaban J connectivity index is 4.47. The van der Waals surface area contributed by atoms with E-state index in [4.69, 9.17) is 4.74 Å². The predicted octanol–water partition coefficient (Wildman–Crippen LogP) is 16.1. The van der Waals surface area contributed by atoms with Crippen molar-refractivity contribution in [3.05, 3.63) is 12.2 Å². The zero-order chi connectivity index (χ0) is 43.8. The summed E-state index contributed by atoms with van der Waals surface area (Å²) < 4.78 is 5.94. The van der Waals surface area contributed by atoms with Crippen LogP contribution < -0.4 is 5.32 Å². The average molecular weight is 848 g/mol. The van der Waals surface area contributed by atoms with Crippen LogP contribution in [0.25, 0.3) is 0 Å². The van der Waals surface area contributed by atoms with E-state index < -0.39 is 18.2 Å². The predicted molar refractivity (Wildman–Crippen MR) is 260 cm³/mol. The SMILES string of the molecule is CCCCCC/C=C\CCCCCCCCCC(=O)OC(CCCCCCCCCCCCC)CC(=O)NC(CO)C(O)CCCCCCCCCCCCCCCCC. The molecule has 6 nitrogen and oxygen atoms in total. The van der Waals surface area contributed by atoms with Gasteiger partial charge in [-0.3, -0.25) is 9.59 Å². The normalized spacial score (nSPS) is 13.2. The Kier molecular flexibility index (Phi) is 47.5. The Labute approximate surface area is 374 Å². The summed E-state index contributed by atoms with van der Waals surface area (Å²) in [6.45, 7) is 6.49. The summed E-state index contributed by atoms with van der Waals surface area (Å²) >= 11 is 0. The second-order valence-electron chi connectivity index (χ2n) is 18.6. The van der Waals surface area contributed by atoms with Crippen molar-refractivity contribution in [1.29, 1.82) is 0 Å². The Bertz CT molecular complexity index is 909. The third-order valence-electron chi connectivity index (χ3n) is 12.6. The van der Waals surface area contributed by atoms with Gasteiger partial charge in [-0.25, -0.2) is 0 Å². The first kappa shape index (κ1) is 58.6. The Morgan fingerprint density at radius 1 is 0.467 bits per heavy atom. The number of hydrogen-bond acceptors (Lipinski definition) is 5. The molecule has 60 heavy (non-hydrogen) atoms. The topological polar surface area (TPSA) is 95.9 Å². The molecule has 6 heteroatoms. The number of carbonyl (C=O) groups is 2. The maximum atomic E-state index is 13.2. The van der Waals surface area contributed by atoms with Gasteiger partial charge in [0.1, 0.15) is 6.10 Å². The van der Waals surface area contributed by atoms with Crippen LogP contribution >= 0.6 is 0 Å². The fraction of sp³-hybridized carbons (Fsp3) is 0.926. The molecule has 1 amide bonds. The van der Waals surface area contributed by atoms with E-state index in [2.05, 4.69) is 38.2 Å². The molecule has 0 aliphatic rings. The molecule has 0 aliphatic heterocycles. The van der Waals surface area contributed by atoms with E-state index in [9.17, 15) is 19.8 Å². The minimum atomic E-state index is -0.782. The first-order valence-electron chi connectivity index (χ1n) is 26.9. The molecule has 0 saturated heterocycles. The molecule has 356 valence electrons. The smallest absolute Gasteiger partial charge is 0.306 e.